The molecule has 0 radical (unpaired) electrons. The minimum atomic E-state index is -0.304. The van der Waals surface area contributed by atoms with Gasteiger partial charge in [-0.15, -0.1) is 0 Å². The number of hydrogen-bond donors (Lipinski definition) is 1. The minimum Gasteiger partial charge on any atom is -0.494 e. The maximum absolute atomic E-state index is 14.1. The lowest BCUT2D eigenvalue weighted by atomic mass is 10.0. The fourth-order valence-corrected chi connectivity index (χ4v) is 2.27. The van der Waals surface area contributed by atoms with E-state index in [1.54, 1.807) is 18.2 Å². The number of rotatable bonds is 5. The van der Waals surface area contributed by atoms with E-state index in [0.29, 0.717) is 31.8 Å². The molecule has 4 nitrogen and oxygen atoms in total. The third kappa shape index (κ3) is 3.43. The first kappa shape index (κ1) is 14.2. The van der Waals surface area contributed by atoms with Crippen molar-refractivity contribution in [3.05, 3.63) is 29.6 Å². The Bertz CT molecular complexity index is 408. The van der Waals surface area contributed by atoms with Crippen LogP contribution in [0, 0.1) is 5.82 Å². The molecule has 1 saturated heterocycles. The predicted molar refractivity (Wildman–Crippen MR) is 70.1 cm³/mol. The normalized spacial score (nSPS) is 21.1. The molecule has 0 aliphatic carbocycles. The van der Waals surface area contributed by atoms with Crippen molar-refractivity contribution < 1.29 is 18.6 Å². The topological polar surface area (TPSA) is 39.7 Å². The molecular weight excluding hydrogens is 249 g/mol. The molecule has 0 bridgehead atoms. The maximum Gasteiger partial charge on any atom is 0.168 e. The van der Waals surface area contributed by atoms with Crippen LogP contribution in [0.4, 0.5) is 4.39 Å². The number of methoxy groups -OCH3 is 1. The van der Waals surface area contributed by atoms with Gasteiger partial charge in [-0.05, 0) is 25.1 Å². The van der Waals surface area contributed by atoms with Gasteiger partial charge >= 0.3 is 0 Å². The van der Waals surface area contributed by atoms with Crippen LogP contribution in [0.15, 0.2) is 18.2 Å². The Kier molecular flexibility index (Phi) is 5.13. The Morgan fingerprint density at radius 1 is 1.47 bits per heavy atom. The summed E-state index contributed by atoms with van der Waals surface area (Å²) >= 11 is 0. The molecule has 1 aliphatic heterocycles. The van der Waals surface area contributed by atoms with Crippen LogP contribution in [0.3, 0.4) is 0 Å². The fourth-order valence-electron chi connectivity index (χ4n) is 2.27. The molecule has 1 aromatic rings. The summed E-state index contributed by atoms with van der Waals surface area (Å²) in [6.07, 6.45) is 0.484. The molecule has 0 spiro atoms. The second kappa shape index (κ2) is 6.84. The summed E-state index contributed by atoms with van der Waals surface area (Å²) in [5, 5.41) is 3.17. The quantitative estimate of drug-likeness (QED) is 0.876. The number of hydrogen-bond acceptors (Lipinski definition) is 4. The Balaban J connectivity index is 2.09. The first-order valence-electron chi connectivity index (χ1n) is 6.44. The Hall–Kier alpha value is -1.17. The van der Waals surface area contributed by atoms with E-state index >= 15 is 0 Å². The molecule has 2 atom stereocenters. The zero-order valence-corrected chi connectivity index (χ0v) is 11.3. The van der Waals surface area contributed by atoms with Crippen molar-refractivity contribution in [3.8, 4) is 5.75 Å². The molecule has 1 N–H and O–H groups in total. The number of nitrogens with one attached hydrogen (secondary N) is 1. The third-order valence-corrected chi connectivity index (χ3v) is 3.36. The summed E-state index contributed by atoms with van der Waals surface area (Å²) in [6.45, 7) is 1.75. The van der Waals surface area contributed by atoms with Gasteiger partial charge in [-0.1, -0.05) is 12.1 Å². The van der Waals surface area contributed by atoms with Gasteiger partial charge in [0.1, 0.15) is 0 Å². The molecule has 2 rings (SSSR count). The molecule has 0 saturated carbocycles. The monoisotopic (exact) mass is 269 g/mol. The molecule has 1 fully saturated rings. The van der Waals surface area contributed by atoms with Crippen LogP contribution < -0.4 is 10.1 Å². The van der Waals surface area contributed by atoms with Gasteiger partial charge in [0.2, 0.25) is 0 Å². The van der Waals surface area contributed by atoms with Gasteiger partial charge in [-0.2, -0.15) is 0 Å². The second-order valence-electron chi connectivity index (χ2n) is 4.52. The van der Waals surface area contributed by atoms with Crippen LogP contribution in [0.2, 0.25) is 0 Å². The van der Waals surface area contributed by atoms with E-state index < -0.39 is 0 Å². The lowest BCUT2D eigenvalue weighted by molar-refractivity contribution is -0.100. The standard InChI is InChI=1S/C14H20FNO3/c1-16-11(13-9-18-6-7-19-13)8-10-4-3-5-12(17-2)14(10)15/h3-5,11,13,16H,6-9H2,1-2H3. The van der Waals surface area contributed by atoms with Crippen molar-refractivity contribution in [1.29, 1.82) is 0 Å². The number of benzene rings is 1. The zero-order chi connectivity index (χ0) is 13.7. The van der Waals surface area contributed by atoms with Gasteiger partial charge in [-0.25, -0.2) is 4.39 Å². The molecule has 5 heteroatoms. The first-order chi connectivity index (χ1) is 9.26. The van der Waals surface area contributed by atoms with Crippen molar-refractivity contribution >= 4 is 0 Å². The molecule has 106 valence electrons. The molecular formula is C14H20FNO3. The van der Waals surface area contributed by atoms with Crippen molar-refractivity contribution in [2.75, 3.05) is 34.0 Å². The van der Waals surface area contributed by atoms with Crippen LogP contribution in [0.25, 0.3) is 0 Å². The third-order valence-electron chi connectivity index (χ3n) is 3.36. The van der Waals surface area contributed by atoms with Gasteiger partial charge < -0.3 is 19.5 Å². The van der Waals surface area contributed by atoms with Crippen molar-refractivity contribution in [2.45, 2.75) is 18.6 Å². The summed E-state index contributed by atoms with van der Waals surface area (Å²) < 4.78 is 30.2. The predicted octanol–water partition coefficient (Wildman–Crippen LogP) is 1.38. The van der Waals surface area contributed by atoms with Gasteiger partial charge in [0, 0.05) is 6.04 Å². The van der Waals surface area contributed by atoms with Crippen LogP contribution in [-0.2, 0) is 15.9 Å². The lowest BCUT2D eigenvalue weighted by Gasteiger charge is -2.30. The fraction of sp³-hybridized carbons (Fsp3) is 0.571. The van der Waals surface area contributed by atoms with E-state index in [1.165, 1.54) is 7.11 Å². The van der Waals surface area contributed by atoms with E-state index in [1.807, 2.05) is 7.05 Å². The molecule has 1 heterocycles. The first-order valence-corrected chi connectivity index (χ1v) is 6.44. The van der Waals surface area contributed by atoms with E-state index in [9.17, 15) is 4.39 Å². The van der Waals surface area contributed by atoms with Gasteiger partial charge in [0.05, 0.1) is 33.0 Å². The van der Waals surface area contributed by atoms with Crippen molar-refractivity contribution in [1.82, 2.24) is 5.32 Å². The lowest BCUT2D eigenvalue weighted by Crippen LogP contribution is -2.46. The SMILES string of the molecule is CNC(Cc1cccc(OC)c1F)C1COCCO1. The second-order valence-corrected chi connectivity index (χ2v) is 4.52. The van der Waals surface area contributed by atoms with E-state index in [4.69, 9.17) is 14.2 Å². The molecule has 1 aromatic carbocycles. The highest BCUT2D eigenvalue weighted by atomic mass is 19.1. The summed E-state index contributed by atoms with van der Waals surface area (Å²) in [7, 11) is 3.32. The average molecular weight is 269 g/mol. The van der Waals surface area contributed by atoms with E-state index in [2.05, 4.69) is 5.32 Å². The van der Waals surface area contributed by atoms with Gasteiger partial charge in [0.15, 0.2) is 11.6 Å². The highest BCUT2D eigenvalue weighted by Crippen LogP contribution is 2.22. The van der Waals surface area contributed by atoms with E-state index in [-0.39, 0.29) is 23.7 Å². The summed E-state index contributed by atoms with van der Waals surface area (Å²) in [5.41, 5.74) is 0.618. The van der Waals surface area contributed by atoms with Gasteiger partial charge in [-0.3, -0.25) is 0 Å². The molecule has 1 aliphatic rings. The number of halogens is 1. The highest BCUT2D eigenvalue weighted by molar-refractivity contribution is 5.31. The number of likely N-dealkylation sites (N-methyl/N-ethyl adjacent to an activating group) is 1. The molecule has 0 amide bonds. The van der Waals surface area contributed by atoms with E-state index in [0.717, 1.165) is 0 Å². The molecule has 2 unspecified atom stereocenters. The highest BCUT2D eigenvalue weighted by Gasteiger charge is 2.25. The van der Waals surface area contributed by atoms with Crippen molar-refractivity contribution in [3.63, 3.8) is 0 Å². The zero-order valence-electron chi connectivity index (χ0n) is 11.3. The van der Waals surface area contributed by atoms with Gasteiger partial charge in [0.25, 0.3) is 0 Å². The van der Waals surface area contributed by atoms with Crippen LogP contribution in [0.1, 0.15) is 5.56 Å². The molecule has 19 heavy (non-hydrogen) atoms. The number of ether oxygens (including phenoxy) is 3. The Morgan fingerprint density at radius 2 is 2.32 bits per heavy atom. The smallest absolute Gasteiger partial charge is 0.168 e. The van der Waals surface area contributed by atoms with Crippen LogP contribution in [-0.4, -0.2) is 46.1 Å². The largest absolute Gasteiger partial charge is 0.494 e. The Morgan fingerprint density at radius 3 is 2.95 bits per heavy atom. The van der Waals surface area contributed by atoms with Crippen LogP contribution >= 0.6 is 0 Å². The summed E-state index contributed by atoms with van der Waals surface area (Å²) in [5.74, 6) is -0.0323. The van der Waals surface area contributed by atoms with Crippen LogP contribution in [0.5, 0.6) is 5.75 Å². The maximum atomic E-state index is 14.1. The minimum absolute atomic E-state index is 0.0157. The Labute approximate surface area is 112 Å². The van der Waals surface area contributed by atoms with Crippen molar-refractivity contribution in [2.24, 2.45) is 0 Å². The summed E-state index contributed by atoms with van der Waals surface area (Å²) in [4.78, 5) is 0. The molecule has 0 aromatic heterocycles. The summed E-state index contributed by atoms with van der Waals surface area (Å²) in [6, 6.07) is 5.20. The average Bonchev–Trinajstić information content (AvgIpc) is 2.47.